The summed E-state index contributed by atoms with van der Waals surface area (Å²) in [6.07, 6.45) is 3.49. The zero-order valence-corrected chi connectivity index (χ0v) is 10.4. The number of carbonyl (C=O) groups excluding carboxylic acids is 1. The summed E-state index contributed by atoms with van der Waals surface area (Å²) in [5.74, 6) is 0.0828. The molecule has 0 atom stereocenters. The maximum atomic E-state index is 11.9. The molecule has 0 bridgehead atoms. The Hall–Kier alpha value is -1.65. The minimum atomic E-state index is 0.0828. The summed E-state index contributed by atoms with van der Waals surface area (Å²) in [5, 5.41) is 3.23. The average Bonchev–Trinajstić information content (AvgIpc) is 2.46. The van der Waals surface area contributed by atoms with E-state index in [0.717, 1.165) is 37.3 Å². The molecule has 1 heterocycles. The van der Waals surface area contributed by atoms with Crippen LogP contribution in [0.2, 0.25) is 0 Å². The Morgan fingerprint density at radius 2 is 1.94 bits per heavy atom. The molecule has 1 aromatic rings. The van der Waals surface area contributed by atoms with Gasteiger partial charge in [0.1, 0.15) is 0 Å². The summed E-state index contributed by atoms with van der Waals surface area (Å²) in [4.78, 5) is 13.7. The van der Waals surface area contributed by atoms with E-state index in [2.05, 4.69) is 5.32 Å². The largest absolute Gasteiger partial charge is 0.337 e. The summed E-state index contributed by atoms with van der Waals surface area (Å²) in [6.45, 7) is 3.88. The van der Waals surface area contributed by atoms with Crippen LogP contribution in [0, 0.1) is 0 Å². The van der Waals surface area contributed by atoms with E-state index in [1.165, 1.54) is 0 Å². The molecule has 0 aliphatic carbocycles. The number of carbonyl (C=O) groups is 1. The Labute approximate surface area is 107 Å². The van der Waals surface area contributed by atoms with E-state index in [-0.39, 0.29) is 5.91 Å². The molecule has 1 aromatic carbocycles. The molecule has 1 aliphatic rings. The fraction of sp³-hybridized carbons (Fsp3) is 0.357. The Kier molecular flexibility index (Phi) is 4.50. The van der Waals surface area contributed by atoms with E-state index < -0.39 is 0 Å². The Bertz CT molecular complexity index is 419. The second-order valence-electron chi connectivity index (χ2n) is 4.35. The van der Waals surface area contributed by atoms with Crippen LogP contribution in [0.25, 0.3) is 6.08 Å². The molecule has 0 radical (unpaired) electrons. The van der Waals surface area contributed by atoms with Gasteiger partial charge in [-0.3, -0.25) is 4.79 Å². The predicted octanol–water partition coefficient (Wildman–Crippen LogP) is 0.590. The van der Waals surface area contributed by atoms with Crippen molar-refractivity contribution in [3.05, 3.63) is 41.5 Å². The highest BCUT2D eigenvalue weighted by Crippen LogP contribution is 2.06. The monoisotopic (exact) mass is 245 g/mol. The van der Waals surface area contributed by atoms with Crippen LogP contribution in [0.1, 0.15) is 11.1 Å². The van der Waals surface area contributed by atoms with Gasteiger partial charge in [-0.15, -0.1) is 0 Å². The smallest absolute Gasteiger partial charge is 0.246 e. The van der Waals surface area contributed by atoms with E-state index in [4.69, 9.17) is 5.73 Å². The number of amides is 1. The molecule has 1 amide bonds. The Morgan fingerprint density at radius 1 is 1.28 bits per heavy atom. The molecule has 18 heavy (non-hydrogen) atoms. The number of nitrogens with one attached hydrogen (secondary N) is 1. The zero-order valence-electron chi connectivity index (χ0n) is 10.4. The van der Waals surface area contributed by atoms with Gasteiger partial charge >= 0.3 is 0 Å². The van der Waals surface area contributed by atoms with E-state index in [9.17, 15) is 4.79 Å². The van der Waals surface area contributed by atoms with Gasteiger partial charge in [-0.1, -0.05) is 24.3 Å². The summed E-state index contributed by atoms with van der Waals surface area (Å²) >= 11 is 0. The highest BCUT2D eigenvalue weighted by Gasteiger charge is 2.12. The molecule has 0 spiro atoms. The fourth-order valence-corrected chi connectivity index (χ4v) is 1.92. The van der Waals surface area contributed by atoms with Crippen LogP contribution in [0.4, 0.5) is 0 Å². The normalized spacial score (nSPS) is 16.2. The molecule has 1 fully saturated rings. The van der Waals surface area contributed by atoms with Crippen LogP contribution in [-0.4, -0.2) is 37.0 Å². The first-order valence-corrected chi connectivity index (χ1v) is 6.26. The molecule has 0 unspecified atom stereocenters. The van der Waals surface area contributed by atoms with Gasteiger partial charge in [0.05, 0.1) is 0 Å². The number of hydrogen-bond acceptors (Lipinski definition) is 3. The van der Waals surface area contributed by atoms with Crippen molar-refractivity contribution < 1.29 is 4.79 Å². The third-order valence-electron chi connectivity index (χ3n) is 3.06. The topological polar surface area (TPSA) is 58.4 Å². The highest BCUT2D eigenvalue weighted by molar-refractivity contribution is 5.91. The summed E-state index contributed by atoms with van der Waals surface area (Å²) in [5.41, 5.74) is 7.66. The van der Waals surface area contributed by atoms with Crippen LogP contribution in [0.5, 0.6) is 0 Å². The van der Waals surface area contributed by atoms with Gasteiger partial charge in [0.15, 0.2) is 0 Å². The third kappa shape index (κ3) is 3.42. The minimum Gasteiger partial charge on any atom is -0.337 e. The molecule has 2 rings (SSSR count). The van der Waals surface area contributed by atoms with Crippen LogP contribution in [-0.2, 0) is 11.3 Å². The second kappa shape index (κ2) is 6.33. The third-order valence-corrected chi connectivity index (χ3v) is 3.06. The van der Waals surface area contributed by atoms with Crippen molar-refractivity contribution in [1.82, 2.24) is 10.2 Å². The molecule has 1 aliphatic heterocycles. The second-order valence-corrected chi connectivity index (χ2v) is 4.35. The number of rotatable bonds is 3. The van der Waals surface area contributed by atoms with Crippen molar-refractivity contribution in [2.45, 2.75) is 6.54 Å². The van der Waals surface area contributed by atoms with Gasteiger partial charge in [-0.25, -0.2) is 0 Å². The van der Waals surface area contributed by atoms with Crippen LogP contribution < -0.4 is 11.1 Å². The van der Waals surface area contributed by atoms with Gasteiger partial charge in [-0.05, 0) is 17.2 Å². The minimum absolute atomic E-state index is 0.0828. The number of nitrogens with zero attached hydrogens (tertiary/aromatic N) is 1. The quantitative estimate of drug-likeness (QED) is 0.766. The molecule has 0 aromatic heterocycles. The standard InChI is InChI=1S/C14H19N3O/c15-11-13-3-1-12(2-4-13)5-6-14(18)17-9-7-16-8-10-17/h1-6,16H,7-11,15H2/b6-5+. The number of piperazine rings is 1. The van der Waals surface area contributed by atoms with Gasteiger partial charge in [0, 0.05) is 38.8 Å². The summed E-state index contributed by atoms with van der Waals surface area (Å²) < 4.78 is 0. The van der Waals surface area contributed by atoms with E-state index in [1.807, 2.05) is 35.2 Å². The van der Waals surface area contributed by atoms with Gasteiger partial charge in [0.2, 0.25) is 5.91 Å². The average molecular weight is 245 g/mol. The SMILES string of the molecule is NCc1ccc(/C=C/C(=O)N2CCNCC2)cc1. The lowest BCUT2D eigenvalue weighted by Gasteiger charge is -2.26. The summed E-state index contributed by atoms with van der Waals surface area (Å²) in [6, 6.07) is 7.91. The zero-order chi connectivity index (χ0) is 12.8. The molecular weight excluding hydrogens is 226 g/mol. The predicted molar refractivity (Wildman–Crippen MR) is 72.8 cm³/mol. The molecule has 96 valence electrons. The fourth-order valence-electron chi connectivity index (χ4n) is 1.92. The van der Waals surface area contributed by atoms with Crippen molar-refractivity contribution in [2.75, 3.05) is 26.2 Å². The van der Waals surface area contributed by atoms with E-state index >= 15 is 0 Å². The van der Waals surface area contributed by atoms with Crippen molar-refractivity contribution >= 4 is 12.0 Å². The molecule has 4 heteroatoms. The lowest BCUT2D eigenvalue weighted by atomic mass is 10.1. The molecule has 1 saturated heterocycles. The van der Waals surface area contributed by atoms with Crippen molar-refractivity contribution in [3.8, 4) is 0 Å². The first-order valence-electron chi connectivity index (χ1n) is 6.26. The van der Waals surface area contributed by atoms with E-state index in [0.29, 0.717) is 6.54 Å². The lowest BCUT2D eigenvalue weighted by Crippen LogP contribution is -2.45. The van der Waals surface area contributed by atoms with Crippen molar-refractivity contribution in [3.63, 3.8) is 0 Å². The van der Waals surface area contributed by atoms with Gasteiger partial charge in [0.25, 0.3) is 0 Å². The van der Waals surface area contributed by atoms with Gasteiger partial charge < -0.3 is 16.0 Å². The number of nitrogens with two attached hydrogens (primary N) is 1. The van der Waals surface area contributed by atoms with Crippen molar-refractivity contribution in [1.29, 1.82) is 0 Å². The van der Waals surface area contributed by atoms with Crippen molar-refractivity contribution in [2.24, 2.45) is 5.73 Å². The van der Waals surface area contributed by atoms with E-state index in [1.54, 1.807) is 6.08 Å². The van der Waals surface area contributed by atoms with Gasteiger partial charge in [-0.2, -0.15) is 0 Å². The first-order chi connectivity index (χ1) is 8.79. The highest BCUT2D eigenvalue weighted by atomic mass is 16.2. The molecular formula is C14H19N3O. The number of benzene rings is 1. The maximum absolute atomic E-state index is 11.9. The Morgan fingerprint density at radius 3 is 2.56 bits per heavy atom. The van der Waals surface area contributed by atoms with Crippen LogP contribution in [0.15, 0.2) is 30.3 Å². The Balaban J connectivity index is 1.94. The van der Waals surface area contributed by atoms with Crippen LogP contribution in [0.3, 0.4) is 0 Å². The maximum Gasteiger partial charge on any atom is 0.246 e. The molecule has 0 saturated carbocycles. The first kappa shape index (κ1) is 12.8. The molecule has 4 nitrogen and oxygen atoms in total. The van der Waals surface area contributed by atoms with Crippen LogP contribution >= 0.6 is 0 Å². The number of hydrogen-bond donors (Lipinski definition) is 2. The molecule has 3 N–H and O–H groups in total. The lowest BCUT2D eigenvalue weighted by molar-refractivity contribution is -0.126. The summed E-state index contributed by atoms with van der Waals surface area (Å²) in [7, 11) is 0.